The fourth-order valence-electron chi connectivity index (χ4n) is 2.45. The number of piperidine rings is 1. The molecule has 0 saturated carbocycles. The van der Waals surface area contributed by atoms with E-state index in [-0.39, 0.29) is 5.91 Å². The minimum Gasteiger partial charge on any atom is -0.347 e. The Kier molecular flexibility index (Phi) is 5.67. The van der Waals surface area contributed by atoms with Gasteiger partial charge in [0.2, 0.25) is 5.91 Å². The molecule has 0 aliphatic carbocycles. The normalized spacial score (nSPS) is 16.3. The summed E-state index contributed by atoms with van der Waals surface area (Å²) in [5, 5.41) is 1.90. The van der Waals surface area contributed by atoms with Gasteiger partial charge in [0, 0.05) is 29.0 Å². The molecule has 2 amide bonds. The first-order chi connectivity index (χ1) is 10.8. The highest BCUT2D eigenvalue weighted by atomic mass is 79.9. The van der Waals surface area contributed by atoms with Gasteiger partial charge in [0.05, 0.1) is 0 Å². The van der Waals surface area contributed by atoms with E-state index in [0.29, 0.717) is 31.5 Å². The highest BCUT2D eigenvalue weighted by Crippen LogP contribution is 2.21. The number of benzene rings is 1. The smallest absolute Gasteiger partial charge is 0.347 e. The minimum absolute atomic E-state index is 0.133. The van der Waals surface area contributed by atoms with Crippen molar-refractivity contribution >= 4 is 27.7 Å². The Balaban J connectivity index is 1.84. The highest BCUT2D eigenvalue weighted by Gasteiger charge is 2.31. The lowest BCUT2D eigenvalue weighted by molar-refractivity contribution is -0.141. The van der Waals surface area contributed by atoms with Crippen LogP contribution in [0.1, 0.15) is 23.2 Å². The van der Waals surface area contributed by atoms with Crippen LogP contribution in [0.2, 0.25) is 0 Å². The van der Waals surface area contributed by atoms with Gasteiger partial charge in [0.25, 0.3) is 5.91 Å². The summed E-state index contributed by atoms with van der Waals surface area (Å²) in [5.41, 5.74) is 0.549. The average molecular weight is 393 g/mol. The number of alkyl halides is 3. The SMILES string of the molecule is O=C(NCC(F)(F)F)C1CCN(C(=O)c2ccc(Br)cc2)CC1. The van der Waals surface area contributed by atoms with Crippen LogP contribution in [0.4, 0.5) is 13.2 Å². The van der Waals surface area contributed by atoms with E-state index in [4.69, 9.17) is 0 Å². The molecule has 4 nitrogen and oxygen atoms in total. The van der Waals surface area contributed by atoms with Crippen LogP contribution >= 0.6 is 15.9 Å². The summed E-state index contributed by atoms with van der Waals surface area (Å²) in [5.74, 6) is -1.21. The van der Waals surface area contributed by atoms with Crippen molar-refractivity contribution in [3.8, 4) is 0 Å². The number of carbonyl (C=O) groups excluding carboxylic acids is 2. The molecule has 0 bridgehead atoms. The molecule has 2 rings (SSSR count). The first-order valence-corrected chi connectivity index (χ1v) is 7.95. The average Bonchev–Trinajstić information content (AvgIpc) is 2.52. The Labute approximate surface area is 140 Å². The molecule has 0 aromatic heterocycles. The molecule has 0 spiro atoms. The number of halogens is 4. The van der Waals surface area contributed by atoms with Crippen molar-refractivity contribution in [2.45, 2.75) is 19.0 Å². The van der Waals surface area contributed by atoms with Crippen molar-refractivity contribution in [3.05, 3.63) is 34.3 Å². The number of carbonyl (C=O) groups is 2. The fraction of sp³-hybridized carbons (Fsp3) is 0.467. The maximum absolute atomic E-state index is 12.3. The van der Waals surface area contributed by atoms with Crippen molar-refractivity contribution in [3.63, 3.8) is 0 Å². The zero-order valence-corrected chi connectivity index (χ0v) is 13.8. The van der Waals surface area contributed by atoms with Crippen LogP contribution < -0.4 is 5.32 Å². The molecule has 1 aromatic carbocycles. The van der Waals surface area contributed by atoms with Gasteiger partial charge in [0.15, 0.2) is 0 Å². The quantitative estimate of drug-likeness (QED) is 0.859. The van der Waals surface area contributed by atoms with Gasteiger partial charge in [-0.1, -0.05) is 15.9 Å². The zero-order chi connectivity index (χ0) is 17.0. The van der Waals surface area contributed by atoms with Crippen LogP contribution in [0.3, 0.4) is 0 Å². The molecule has 1 aromatic rings. The highest BCUT2D eigenvalue weighted by molar-refractivity contribution is 9.10. The molecular formula is C15H16BrF3N2O2. The second-order valence-electron chi connectivity index (χ2n) is 5.41. The van der Waals surface area contributed by atoms with Crippen LogP contribution in [0.25, 0.3) is 0 Å². The molecule has 1 N–H and O–H groups in total. The molecule has 1 saturated heterocycles. The monoisotopic (exact) mass is 392 g/mol. The maximum Gasteiger partial charge on any atom is 0.405 e. The Bertz CT molecular complexity index is 567. The third-order valence-electron chi connectivity index (χ3n) is 3.71. The fourth-order valence-corrected chi connectivity index (χ4v) is 2.72. The Morgan fingerprint density at radius 3 is 2.26 bits per heavy atom. The molecule has 8 heteroatoms. The van der Waals surface area contributed by atoms with Crippen molar-refractivity contribution in [2.75, 3.05) is 19.6 Å². The lowest BCUT2D eigenvalue weighted by Gasteiger charge is -2.31. The van der Waals surface area contributed by atoms with Gasteiger partial charge in [-0.25, -0.2) is 0 Å². The van der Waals surface area contributed by atoms with Crippen LogP contribution in [0, 0.1) is 5.92 Å². The van der Waals surface area contributed by atoms with E-state index in [1.165, 1.54) is 0 Å². The minimum atomic E-state index is -4.41. The Morgan fingerprint density at radius 1 is 1.17 bits per heavy atom. The Morgan fingerprint density at radius 2 is 1.74 bits per heavy atom. The maximum atomic E-state index is 12.3. The molecule has 0 atom stereocenters. The number of rotatable bonds is 3. The van der Waals surface area contributed by atoms with Gasteiger partial charge in [-0.3, -0.25) is 9.59 Å². The first-order valence-electron chi connectivity index (χ1n) is 7.15. The molecule has 1 aliphatic rings. The number of hydrogen-bond donors (Lipinski definition) is 1. The van der Waals surface area contributed by atoms with Crippen molar-refractivity contribution in [2.24, 2.45) is 5.92 Å². The largest absolute Gasteiger partial charge is 0.405 e. The summed E-state index contributed by atoms with van der Waals surface area (Å²) in [6, 6.07) is 6.94. The third kappa shape index (κ3) is 5.23. The topological polar surface area (TPSA) is 49.4 Å². The van der Waals surface area contributed by atoms with Gasteiger partial charge < -0.3 is 10.2 Å². The number of hydrogen-bond acceptors (Lipinski definition) is 2. The van der Waals surface area contributed by atoms with E-state index in [9.17, 15) is 22.8 Å². The molecule has 23 heavy (non-hydrogen) atoms. The molecule has 1 aliphatic heterocycles. The van der Waals surface area contributed by atoms with Crippen LogP contribution in [0.15, 0.2) is 28.7 Å². The zero-order valence-electron chi connectivity index (χ0n) is 12.2. The Hall–Kier alpha value is -1.57. The molecule has 126 valence electrons. The summed E-state index contributed by atoms with van der Waals surface area (Å²) in [6.45, 7) is -0.595. The lowest BCUT2D eigenvalue weighted by atomic mass is 9.95. The van der Waals surface area contributed by atoms with Gasteiger partial charge in [-0.05, 0) is 37.1 Å². The summed E-state index contributed by atoms with van der Waals surface area (Å²) >= 11 is 3.29. The summed E-state index contributed by atoms with van der Waals surface area (Å²) in [7, 11) is 0. The van der Waals surface area contributed by atoms with E-state index in [0.717, 1.165) is 4.47 Å². The van der Waals surface area contributed by atoms with Crippen molar-refractivity contribution in [1.29, 1.82) is 0 Å². The molecular weight excluding hydrogens is 377 g/mol. The predicted octanol–water partition coefficient (Wildman–Crippen LogP) is 2.98. The number of amides is 2. The van der Waals surface area contributed by atoms with Crippen LogP contribution in [-0.4, -0.2) is 42.5 Å². The van der Waals surface area contributed by atoms with Gasteiger partial charge in [0.1, 0.15) is 6.54 Å². The third-order valence-corrected chi connectivity index (χ3v) is 4.24. The molecule has 1 fully saturated rings. The van der Waals surface area contributed by atoms with Crippen LogP contribution in [-0.2, 0) is 4.79 Å². The van der Waals surface area contributed by atoms with E-state index in [1.807, 2.05) is 5.32 Å². The lowest BCUT2D eigenvalue weighted by Crippen LogP contribution is -2.44. The van der Waals surface area contributed by atoms with Gasteiger partial charge in [-0.2, -0.15) is 13.2 Å². The summed E-state index contributed by atoms with van der Waals surface area (Å²) < 4.78 is 37.2. The summed E-state index contributed by atoms with van der Waals surface area (Å²) in [4.78, 5) is 25.6. The van der Waals surface area contributed by atoms with Crippen LogP contribution in [0.5, 0.6) is 0 Å². The number of nitrogens with zero attached hydrogens (tertiary/aromatic N) is 1. The van der Waals surface area contributed by atoms with Crippen molar-refractivity contribution < 1.29 is 22.8 Å². The van der Waals surface area contributed by atoms with Gasteiger partial charge >= 0.3 is 6.18 Å². The molecule has 0 radical (unpaired) electrons. The standard InChI is InChI=1S/C15H16BrF3N2O2/c16-12-3-1-11(2-4-12)14(23)21-7-5-10(6-8-21)13(22)20-9-15(17,18)19/h1-4,10H,5-9H2,(H,20,22). The summed E-state index contributed by atoms with van der Waals surface area (Å²) in [6.07, 6.45) is -3.67. The van der Waals surface area contributed by atoms with Gasteiger partial charge in [-0.15, -0.1) is 0 Å². The predicted molar refractivity (Wildman–Crippen MR) is 81.8 cm³/mol. The van der Waals surface area contributed by atoms with E-state index in [1.54, 1.807) is 29.2 Å². The van der Waals surface area contributed by atoms with E-state index >= 15 is 0 Å². The first kappa shape index (κ1) is 17.8. The second-order valence-corrected chi connectivity index (χ2v) is 6.32. The van der Waals surface area contributed by atoms with Crippen molar-refractivity contribution in [1.82, 2.24) is 10.2 Å². The van der Waals surface area contributed by atoms with E-state index < -0.39 is 24.5 Å². The van der Waals surface area contributed by atoms with E-state index in [2.05, 4.69) is 15.9 Å². The molecule has 1 heterocycles. The number of likely N-dealkylation sites (tertiary alicyclic amines) is 1. The molecule has 0 unspecified atom stereocenters. The number of nitrogens with one attached hydrogen (secondary N) is 1. The second kappa shape index (κ2) is 7.33.